The van der Waals surface area contributed by atoms with E-state index in [9.17, 15) is 0 Å². The molecule has 0 radical (unpaired) electrons. The molecule has 0 saturated carbocycles. The van der Waals surface area contributed by atoms with Crippen LogP contribution in [0.25, 0.3) is 140 Å². The maximum Gasteiger partial charge on any atom is -0.000116 e. The number of rotatable bonds is 14. The summed E-state index contributed by atoms with van der Waals surface area (Å²) in [6.45, 7) is 4.63. The van der Waals surface area contributed by atoms with E-state index in [-0.39, 0.29) is 0 Å². The van der Waals surface area contributed by atoms with Gasteiger partial charge >= 0.3 is 0 Å². The molecule has 16 aromatic rings. The first-order valence-electron chi connectivity index (χ1n) is 29.5. The first-order chi connectivity index (χ1) is 38.2. The van der Waals surface area contributed by atoms with Gasteiger partial charge in [-0.2, -0.15) is 0 Å². The lowest BCUT2D eigenvalue weighted by molar-refractivity contribution is 0.607. The second-order valence-electron chi connectivity index (χ2n) is 23.0. The van der Waals surface area contributed by atoms with Gasteiger partial charge in [0.05, 0.1) is 0 Å². The fourth-order valence-corrected chi connectivity index (χ4v) is 15.0. The summed E-state index contributed by atoms with van der Waals surface area (Å²) in [7, 11) is 0. The molecule has 77 heavy (non-hydrogen) atoms. The van der Waals surface area contributed by atoms with Crippen LogP contribution in [0.15, 0.2) is 182 Å². The van der Waals surface area contributed by atoms with Crippen LogP contribution in [-0.4, -0.2) is 0 Å². The molecule has 374 valence electrons. The Labute approximate surface area is 452 Å². The first kappa shape index (κ1) is 46.5. The van der Waals surface area contributed by atoms with E-state index in [0.29, 0.717) is 0 Å². The van der Waals surface area contributed by atoms with Crippen LogP contribution in [-0.2, 0) is 19.3 Å². The van der Waals surface area contributed by atoms with E-state index in [2.05, 4.69) is 196 Å². The van der Waals surface area contributed by atoms with Gasteiger partial charge in [0, 0.05) is 0 Å². The summed E-state index contributed by atoms with van der Waals surface area (Å²) < 4.78 is 0. The molecule has 0 fully saturated rings. The maximum absolute atomic E-state index is 2.62. The quantitative estimate of drug-likeness (QED) is 0.0752. The molecule has 0 heterocycles. The average Bonchev–Trinajstić information content (AvgIpc) is 4.00. The minimum absolute atomic E-state index is 0.877. The van der Waals surface area contributed by atoms with Crippen LogP contribution in [0.4, 0.5) is 0 Å². The standard InChI is InChI=1S/C77H66/c1-3-5-7-9-11-13-25-48-37-41-60-64(45-48)72-58-35-23-21-33-56(58)70(60)76-66-47-52-29-17-20-32-55(52)69(66)74-62-43-39-50-27-15-18-30-53(50)67(62)73-59-36-24-22-34-57(59)71(61-42-38-49(46-65(61)73)26-14-12-10-8-6-4-2)77(74)75(76)63-44-40-51-28-16-19-31-54(51)68(63)72/h15-24,27-46H,3-14,25-26,47H2,1-2H3. The zero-order valence-electron chi connectivity index (χ0n) is 44.9. The zero-order chi connectivity index (χ0) is 51.1. The second-order valence-corrected chi connectivity index (χ2v) is 23.0. The molecule has 0 N–H and O–H groups in total. The van der Waals surface area contributed by atoms with E-state index in [1.165, 1.54) is 240 Å². The molecule has 1 aliphatic carbocycles. The van der Waals surface area contributed by atoms with Crippen LogP contribution in [0.5, 0.6) is 0 Å². The van der Waals surface area contributed by atoms with Crippen LogP contribution >= 0.6 is 0 Å². The number of aryl methyl sites for hydroxylation is 2. The predicted octanol–water partition coefficient (Wildman–Crippen LogP) is 22.9. The molecular formula is C77H66. The van der Waals surface area contributed by atoms with Gasteiger partial charge in [0.2, 0.25) is 0 Å². The van der Waals surface area contributed by atoms with Crippen LogP contribution in [0.3, 0.4) is 0 Å². The van der Waals surface area contributed by atoms with Gasteiger partial charge < -0.3 is 0 Å². The highest BCUT2D eigenvalue weighted by Gasteiger charge is 2.31. The minimum atomic E-state index is 0.877. The van der Waals surface area contributed by atoms with E-state index >= 15 is 0 Å². The molecule has 0 heteroatoms. The Morgan fingerprint density at radius 2 is 0.662 bits per heavy atom. The zero-order valence-corrected chi connectivity index (χ0v) is 44.9. The first-order valence-corrected chi connectivity index (χ1v) is 29.5. The Morgan fingerprint density at radius 1 is 0.273 bits per heavy atom. The van der Waals surface area contributed by atoms with Crippen molar-refractivity contribution in [2.75, 3.05) is 0 Å². The predicted molar refractivity (Wildman–Crippen MR) is 339 cm³/mol. The Bertz CT molecular complexity index is 4740. The van der Waals surface area contributed by atoms with Crippen LogP contribution < -0.4 is 0 Å². The Kier molecular flexibility index (Phi) is 11.5. The monoisotopic (exact) mass is 991 g/mol. The van der Waals surface area contributed by atoms with Gasteiger partial charge in [0.1, 0.15) is 0 Å². The highest BCUT2D eigenvalue weighted by Crippen LogP contribution is 2.57. The van der Waals surface area contributed by atoms with Crippen molar-refractivity contribution in [1.29, 1.82) is 0 Å². The fourth-order valence-electron chi connectivity index (χ4n) is 15.0. The Balaban J connectivity index is 1.22. The average molecular weight is 991 g/mol. The Morgan fingerprint density at radius 3 is 1.19 bits per heavy atom. The summed E-state index contributed by atoms with van der Waals surface area (Å²) in [5.41, 5.74) is 8.55. The Hall–Kier alpha value is -7.80. The van der Waals surface area contributed by atoms with Gasteiger partial charge in [-0.05, 0) is 195 Å². The topological polar surface area (TPSA) is 0 Å². The van der Waals surface area contributed by atoms with Crippen LogP contribution in [0, 0.1) is 0 Å². The van der Waals surface area contributed by atoms with Crippen LogP contribution in [0.1, 0.15) is 113 Å². The lowest BCUT2D eigenvalue weighted by Gasteiger charge is -2.24. The van der Waals surface area contributed by atoms with Gasteiger partial charge in [-0.25, -0.2) is 0 Å². The molecule has 0 aromatic heterocycles. The molecule has 0 amide bonds. The van der Waals surface area contributed by atoms with Crippen LogP contribution in [0.2, 0.25) is 0 Å². The smallest absolute Gasteiger partial charge is 0.000116 e. The number of benzene rings is 12. The van der Waals surface area contributed by atoms with E-state index in [1.54, 1.807) is 0 Å². The maximum atomic E-state index is 2.62. The highest BCUT2D eigenvalue weighted by atomic mass is 14.3. The van der Waals surface area contributed by atoms with Gasteiger partial charge in [-0.1, -0.05) is 260 Å². The summed E-state index contributed by atoms with van der Waals surface area (Å²) >= 11 is 0. The molecular weight excluding hydrogens is 925 g/mol. The van der Waals surface area contributed by atoms with E-state index < -0.39 is 0 Å². The molecule has 0 spiro atoms. The van der Waals surface area contributed by atoms with Crippen molar-refractivity contribution in [2.24, 2.45) is 0 Å². The van der Waals surface area contributed by atoms with Gasteiger partial charge in [-0.15, -0.1) is 0 Å². The van der Waals surface area contributed by atoms with E-state index in [4.69, 9.17) is 0 Å². The van der Waals surface area contributed by atoms with Crippen molar-refractivity contribution in [3.05, 3.63) is 204 Å². The summed E-state index contributed by atoms with van der Waals surface area (Å²) in [6, 6.07) is 72.2. The molecule has 4 bridgehead atoms. The van der Waals surface area contributed by atoms with Gasteiger partial charge in [-0.3, -0.25) is 0 Å². The second kappa shape index (κ2) is 19.0. The molecule has 16 aromatic carbocycles. The van der Waals surface area contributed by atoms with Crippen molar-refractivity contribution < 1.29 is 0 Å². The summed E-state index contributed by atoms with van der Waals surface area (Å²) in [6.07, 6.45) is 18.6. The molecule has 0 unspecified atom stereocenters. The van der Waals surface area contributed by atoms with E-state index in [0.717, 1.165) is 19.3 Å². The third-order valence-electron chi connectivity index (χ3n) is 18.5. The normalized spacial score (nSPS) is 12.7. The molecule has 0 atom stereocenters. The molecule has 0 nitrogen and oxygen atoms in total. The fraction of sp³-hybridized carbons (Fsp3) is 0.221. The summed E-state index contributed by atoms with van der Waals surface area (Å²) in [5, 5.41) is 32.5. The molecule has 1 aliphatic rings. The molecule has 0 aliphatic heterocycles. The lowest BCUT2D eigenvalue weighted by atomic mass is 9.78. The van der Waals surface area contributed by atoms with Crippen molar-refractivity contribution in [3.8, 4) is 11.1 Å². The van der Waals surface area contributed by atoms with Crippen molar-refractivity contribution in [1.82, 2.24) is 0 Å². The number of fused-ring (bicyclic) bond motifs is 5. The van der Waals surface area contributed by atoms with E-state index in [1.807, 2.05) is 0 Å². The van der Waals surface area contributed by atoms with Gasteiger partial charge in [0.25, 0.3) is 0 Å². The van der Waals surface area contributed by atoms with Gasteiger partial charge in [0.15, 0.2) is 0 Å². The minimum Gasteiger partial charge on any atom is -0.0654 e. The lowest BCUT2D eigenvalue weighted by Crippen LogP contribution is -1.97. The highest BCUT2D eigenvalue weighted by molar-refractivity contribution is 6.50. The number of hydrogen-bond donors (Lipinski definition) is 0. The summed E-state index contributed by atoms with van der Waals surface area (Å²) in [5.74, 6) is 0. The largest absolute Gasteiger partial charge is 0.0654 e. The molecule has 17 rings (SSSR count). The SMILES string of the molecule is CCCCCCCCc1ccc2c(c1)c1c3ccccc3c2c2c(c3c(c4c5c6ccccc6c(c6cc(CCCCCCCC)ccc65)c5c6ccccc6ccc5c42)Cc2ccccc2-3)c2ccc3ccccc3c21. The van der Waals surface area contributed by atoms with Crippen molar-refractivity contribution in [2.45, 2.75) is 110 Å². The third kappa shape index (κ3) is 7.24. The summed E-state index contributed by atoms with van der Waals surface area (Å²) in [4.78, 5) is 0. The number of unbranched alkanes of at least 4 members (excludes halogenated alkanes) is 10. The van der Waals surface area contributed by atoms with Crippen molar-refractivity contribution >= 4 is 129 Å². The number of hydrogen-bond acceptors (Lipinski definition) is 0. The third-order valence-corrected chi connectivity index (χ3v) is 18.5. The molecule has 0 saturated heterocycles. The van der Waals surface area contributed by atoms with Crippen molar-refractivity contribution in [3.63, 3.8) is 0 Å².